The maximum Gasteiger partial charge on any atom is 0.433 e. The van der Waals surface area contributed by atoms with Gasteiger partial charge >= 0.3 is 6.18 Å². The summed E-state index contributed by atoms with van der Waals surface area (Å²) in [5.74, 6) is 0. The van der Waals surface area contributed by atoms with Crippen LogP contribution in [0.25, 0.3) is 10.9 Å². The van der Waals surface area contributed by atoms with Crippen molar-refractivity contribution in [2.24, 2.45) is 0 Å². The largest absolute Gasteiger partial charge is 0.433 e. The van der Waals surface area contributed by atoms with Crippen molar-refractivity contribution in [3.05, 3.63) is 36.0 Å². The Bertz CT molecular complexity index is 734. The molecule has 3 nitrogen and oxygen atoms in total. The van der Waals surface area contributed by atoms with Gasteiger partial charge < -0.3 is 10.1 Å². The Balaban J connectivity index is 1.61. The number of anilines is 1. The second-order valence-corrected chi connectivity index (χ2v) is 7.79. The van der Waals surface area contributed by atoms with Gasteiger partial charge in [0, 0.05) is 30.8 Å². The van der Waals surface area contributed by atoms with Gasteiger partial charge in [0.1, 0.15) is 5.69 Å². The fraction of sp³-hybridized carbons (Fsp3) is 0.625. The molecule has 1 N–H and O–H groups in total. The maximum absolute atomic E-state index is 13.1. The average molecular weight is 425 g/mol. The van der Waals surface area contributed by atoms with E-state index in [4.69, 9.17) is 4.74 Å². The number of unbranched alkanes of at least 4 members (excludes halogenated alkanes) is 8. The number of alkyl halides is 3. The lowest BCUT2D eigenvalue weighted by molar-refractivity contribution is -0.140. The molecule has 0 saturated heterocycles. The Labute approximate surface area is 178 Å². The van der Waals surface area contributed by atoms with E-state index < -0.39 is 11.9 Å². The molecular weight excluding hydrogens is 389 g/mol. The van der Waals surface area contributed by atoms with Crippen LogP contribution in [0.15, 0.2) is 30.3 Å². The molecule has 0 aliphatic carbocycles. The molecule has 1 aromatic carbocycles. The minimum absolute atomic E-state index is 0.363. The van der Waals surface area contributed by atoms with Gasteiger partial charge in [0.05, 0.1) is 5.52 Å². The number of rotatable bonds is 15. The predicted molar refractivity (Wildman–Crippen MR) is 118 cm³/mol. The smallest absolute Gasteiger partial charge is 0.384 e. The molecule has 0 saturated carbocycles. The Morgan fingerprint density at radius 1 is 0.867 bits per heavy atom. The number of nitrogens with one attached hydrogen (secondary N) is 1. The molecule has 1 heterocycles. The molecule has 0 unspecified atom stereocenters. The van der Waals surface area contributed by atoms with E-state index in [1.807, 2.05) is 6.07 Å². The van der Waals surface area contributed by atoms with Gasteiger partial charge in [0.2, 0.25) is 0 Å². The van der Waals surface area contributed by atoms with E-state index >= 15 is 0 Å². The standard InChI is InChI=1S/C24H35F3N2O/c1-2-3-4-12-17-30-18-13-8-6-5-7-11-16-28-22-19-23(24(25,26)27)29-21-15-10-9-14-20(21)22/h9-10,14-15,19H,2-8,11-13,16-18H2,1H3,(H,28,29). The summed E-state index contributed by atoms with van der Waals surface area (Å²) in [4.78, 5) is 3.75. The zero-order chi connectivity index (χ0) is 21.7. The van der Waals surface area contributed by atoms with E-state index in [2.05, 4.69) is 17.2 Å². The molecule has 0 radical (unpaired) electrons. The van der Waals surface area contributed by atoms with E-state index in [0.29, 0.717) is 17.7 Å². The topological polar surface area (TPSA) is 34.1 Å². The van der Waals surface area contributed by atoms with Crippen LogP contribution in [0.5, 0.6) is 0 Å². The first-order valence-corrected chi connectivity index (χ1v) is 11.3. The van der Waals surface area contributed by atoms with Gasteiger partial charge in [-0.1, -0.05) is 70.1 Å². The number of fused-ring (bicyclic) bond motifs is 1. The molecule has 0 spiro atoms. The van der Waals surface area contributed by atoms with Crippen molar-refractivity contribution in [1.29, 1.82) is 0 Å². The predicted octanol–water partition coefficient (Wildman–Crippen LogP) is 7.60. The number of hydrogen-bond acceptors (Lipinski definition) is 3. The van der Waals surface area contributed by atoms with Crippen molar-refractivity contribution in [3.8, 4) is 0 Å². The molecule has 0 aliphatic heterocycles. The van der Waals surface area contributed by atoms with Crippen LogP contribution in [-0.4, -0.2) is 24.7 Å². The highest BCUT2D eigenvalue weighted by Gasteiger charge is 2.33. The fourth-order valence-electron chi connectivity index (χ4n) is 3.46. The van der Waals surface area contributed by atoms with Crippen LogP contribution in [-0.2, 0) is 10.9 Å². The molecule has 2 rings (SSSR count). The molecule has 30 heavy (non-hydrogen) atoms. The van der Waals surface area contributed by atoms with Crippen molar-refractivity contribution < 1.29 is 17.9 Å². The first-order valence-electron chi connectivity index (χ1n) is 11.3. The van der Waals surface area contributed by atoms with Gasteiger partial charge in [-0.3, -0.25) is 0 Å². The lowest BCUT2D eigenvalue weighted by Gasteiger charge is -2.13. The molecule has 0 atom stereocenters. The Hall–Kier alpha value is -1.82. The van der Waals surface area contributed by atoms with Gasteiger partial charge in [-0.25, -0.2) is 4.98 Å². The summed E-state index contributed by atoms with van der Waals surface area (Å²) in [6, 6.07) is 8.06. The van der Waals surface area contributed by atoms with E-state index in [-0.39, 0.29) is 0 Å². The quantitative estimate of drug-likeness (QED) is 0.299. The molecule has 6 heteroatoms. The normalized spacial score (nSPS) is 11.9. The van der Waals surface area contributed by atoms with Crippen LogP contribution >= 0.6 is 0 Å². The minimum atomic E-state index is -4.44. The molecule has 2 aromatic rings. The van der Waals surface area contributed by atoms with Crippen LogP contribution in [0.2, 0.25) is 0 Å². The number of halogens is 3. The molecule has 0 fully saturated rings. The number of nitrogens with zero attached hydrogens (tertiary/aromatic N) is 1. The highest BCUT2D eigenvalue weighted by atomic mass is 19.4. The summed E-state index contributed by atoms with van der Waals surface area (Å²) in [5, 5.41) is 3.90. The van der Waals surface area contributed by atoms with Gasteiger partial charge in [-0.15, -0.1) is 0 Å². The number of aromatic nitrogens is 1. The van der Waals surface area contributed by atoms with Crippen LogP contribution in [0.1, 0.15) is 76.8 Å². The lowest BCUT2D eigenvalue weighted by atomic mass is 10.1. The van der Waals surface area contributed by atoms with Gasteiger partial charge in [0.15, 0.2) is 0 Å². The number of ether oxygens (including phenoxy) is 1. The highest BCUT2D eigenvalue weighted by Crippen LogP contribution is 2.33. The first kappa shape index (κ1) is 24.4. The summed E-state index contributed by atoms with van der Waals surface area (Å²) in [6.07, 6.45) is 7.13. The Kier molecular flexibility index (Phi) is 11.0. The highest BCUT2D eigenvalue weighted by molar-refractivity contribution is 5.91. The molecular formula is C24H35F3N2O. The number of pyridine rings is 1. The summed E-state index contributed by atoms with van der Waals surface area (Å²) < 4.78 is 45.0. The lowest BCUT2D eigenvalue weighted by Crippen LogP contribution is -2.10. The summed E-state index contributed by atoms with van der Waals surface area (Å²) in [6.45, 7) is 4.60. The van der Waals surface area contributed by atoms with Gasteiger partial charge in [-0.05, 0) is 31.4 Å². The number of hydrogen-bond donors (Lipinski definition) is 1. The van der Waals surface area contributed by atoms with Gasteiger partial charge in [0.25, 0.3) is 0 Å². The van der Waals surface area contributed by atoms with E-state index in [1.165, 1.54) is 32.1 Å². The SMILES string of the molecule is CCCCCCOCCCCCCCCNc1cc(C(F)(F)F)nc2ccccc12. The number of benzene rings is 1. The zero-order valence-corrected chi connectivity index (χ0v) is 18.1. The van der Waals surface area contributed by atoms with Crippen molar-refractivity contribution >= 4 is 16.6 Å². The third kappa shape index (κ3) is 8.90. The number of para-hydroxylation sites is 1. The van der Waals surface area contributed by atoms with Crippen molar-refractivity contribution in [1.82, 2.24) is 4.98 Å². The van der Waals surface area contributed by atoms with E-state index in [1.54, 1.807) is 18.2 Å². The van der Waals surface area contributed by atoms with Crippen LogP contribution < -0.4 is 5.32 Å². The maximum atomic E-state index is 13.1. The molecule has 168 valence electrons. The van der Waals surface area contributed by atoms with Gasteiger partial charge in [-0.2, -0.15) is 13.2 Å². The monoisotopic (exact) mass is 424 g/mol. The fourth-order valence-corrected chi connectivity index (χ4v) is 3.46. The average Bonchev–Trinajstić information content (AvgIpc) is 2.73. The second kappa shape index (κ2) is 13.5. The minimum Gasteiger partial charge on any atom is -0.384 e. The summed E-state index contributed by atoms with van der Waals surface area (Å²) in [7, 11) is 0. The van der Waals surface area contributed by atoms with E-state index in [0.717, 1.165) is 56.8 Å². The molecule has 0 aliphatic rings. The summed E-state index contributed by atoms with van der Waals surface area (Å²) >= 11 is 0. The van der Waals surface area contributed by atoms with Crippen molar-refractivity contribution in [2.75, 3.05) is 25.1 Å². The first-order chi connectivity index (χ1) is 14.5. The van der Waals surface area contributed by atoms with Crippen LogP contribution in [0.3, 0.4) is 0 Å². The van der Waals surface area contributed by atoms with Crippen molar-refractivity contribution in [3.63, 3.8) is 0 Å². The second-order valence-electron chi connectivity index (χ2n) is 7.79. The van der Waals surface area contributed by atoms with E-state index in [9.17, 15) is 13.2 Å². The molecule has 0 bridgehead atoms. The molecule has 1 aromatic heterocycles. The van der Waals surface area contributed by atoms with Crippen molar-refractivity contribution in [2.45, 2.75) is 77.3 Å². The molecule has 0 amide bonds. The third-order valence-corrected chi connectivity index (χ3v) is 5.18. The third-order valence-electron chi connectivity index (χ3n) is 5.18. The Morgan fingerprint density at radius 2 is 1.50 bits per heavy atom. The zero-order valence-electron chi connectivity index (χ0n) is 18.1. The van der Waals surface area contributed by atoms with Crippen LogP contribution in [0, 0.1) is 0 Å². The summed E-state index contributed by atoms with van der Waals surface area (Å²) in [5.41, 5.74) is 0.0164. The Morgan fingerprint density at radius 3 is 2.20 bits per heavy atom. The van der Waals surface area contributed by atoms with Crippen LogP contribution in [0.4, 0.5) is 18.9 Å².